The van der Waals surface area contributed by atoms with E-state index in [0.717, 1.165) is 23.0 Å². The van der Waals surface area contributed by atoms with Crippen LogP contribution in [0.1, 0.15) is 32.6 Å². The van der Waals surface area contributed by atoms with E-state index in [-0.39, 0.29) is 6.04 Å². The van der Waals surface area contributed by atoms with Crippen molar-refractivity contribution < 1.29 is 4.52 Å². The zero-order valence-corrected chi connectivity index (χ0v) is 13.2. The van der Waals surface area contributed by atoms with Gasteiger partial charge in [0.25, 0.3) is 5.89 Å². The Kier molecular flexibility index (Phi) is 3.89. The maximum absolute atomic E-state index is 5.34. The van der Waals surface area contributed by atoms with Crippen molar-refractivity contribution in [2.75, 3.05) is 7.05 Å². The summed E-state index contributed by atoms with van der Waals surface area (Å²) in [6.45, 7) is 6.23. The van der Waals surface area contributed by atoms with E-state index in [1.54, 1.807) is 6.20 Å². The lowest BCUT2D eigenvalue weighted by Gasteiger charge is -2.05. The number of likely N-dealkylation sites (N-methyl/N-ethyl adjacent to an activating group) is 1. The Hall–Kier alpha value is -2.28. The van der Waals surface area contributed by atoms with Crippen molar-refractivity contribution in [1.82, 2.24) is 30.2 Å². The molecular formula is C15H20N6O. The highest BCUT2D eigenvalue weighted by Crippen LogP contribution is 2.22. The summed E-state index contributed by atoms with van der Waals surface area (Å²) in [5.41, 5.74) is 1.67. The average molecular weight is 300 g/mol. The molecule has 0 aliphatic heterocycles. The third-order valence-corrected chi connectivity index (χ3v) is 3.62. The second-order valence-corrected chi connectivity index (χ2v) is 5.73. The predicted octanol–water partition coefficient (Wildman–Crippen LogP) is 2.21. The first-order valence-corrected chi connectivity index (χ1v) is 7.42. The van der Waals surface area contributed by atoms with E-state index in [4.69, 9.17) is 4.52 Å². The summed E-state index contributed by atoms with van der Waals surface area (Å²) in [6, 6.07) is 2.55. The van der Waals surface area contributed by atoms with Crippen LogP contribution < -0.4 is 5.32 Å². The molecule has 0 saturated carbocycles. The summed E-state index contributed by atoms with van der Waals surface area (Å²) < 4.78 is 7.24. The van der Waals surface area contributed by atoms with E-state index >= 15 is 0 Å². The van der Waals surface area contributed by atoms with Crippen LogP contribution in [0.2, 0.25) is 0 Å². The Morgan fingerprint density at radius 2 is 2.09 bits per heavy atom. The van der Waals surface area contributed by atoms with Crippen LogP contribution in [0.25, 0.3) is 22.5 Å². The lowest BCUT2D eigenvalue weighted by molar-refractivity contribution is 0.418. The van der Waals surface area contributed by atoms with Gasteiger partial charge in [0.15, 0.2) is 11.5 Å². The third-order valence-electron chi connectivity index (χ3n) is 3.62. The van der Waals surface area contributed by atoms with E-state index in [9.17, 15) is 0 Å². The van der Waals surface area contributed by atoms with Gasteiger partial charge in [-0.2, -0.15) is 10.1 Å². The molecule has 0 aromatic carbocycles. The number of hydrogen-bond acceptors (Lipinski definition) is 6. The Labute approximate surface area is 128 Å². The van der Waals surface area contributed by atoms with Crippen LogP contribution in [0.5, 0.6) is 0 Å². The molecule has 0 radical (unpaired) electrons. The topological polar surface area (TPSA) is 81.7 Å². The van der Waals surface area contributed by atoms with Gasteiger partial charge >= 0.3 is 0 Å². The van der Waals surface area contributed by atoms with Crippen molar-refractivity contribution in [3.8, 4) is 11.5 Å². The molecule has 0 aliphatic rings. The fourth-order valence-electron chi connectivity index (χ4n) is 2.26. The zero-order valence-electron chi connectivity index (χ0n) is 13.2. The summed E-state index contributed by atoms with van der Waals surface area (Å²) in [4.78, 5) is 8.92. The van der Waals surface area contributed by atoms with E-state index in [2.05, 4.69) is 46.3 Å². The first-order valence-electron chi connectivity index (χ1n) is 7.42. The fraction of sp³-hybridized carbons (Fsp3) is 0.467. The number of hydrogen-bond donors (Lipinski definition) is 1. The molecule has 1 atom stereocenters. The molecule has 0 saturated heterocycles. The maximum Gasteiger partial charge on any atom is 0.259 e. The fourth-order valence-corrected chi connectivity index (χ4v) is 2.26. The third kappa shape index (κ3) is 2.71. The SMILES string of the molecule is CNC(C)Cc1noc(-c2cnc3c(cnn3C(C)C)c2)n1. The molecular weight excluding hydrogens is 280 g/mol. The predicted molar refractivity (Wildman–Crippen MR) is 83.4 cm³/mol. The van der Waals surface area contributed by atoms with E-state index in [1.165, 1.54) is 0 Å². The number of fused-ring (bicyclic) bond motifs is 1. The van der Waals surface area contributed by atoms with Crippen molar-refractivity contribution in [2.24, 2.45) is 0 Å². The van der Waals surface area contributed by atoms with E-state index < -0.39 is 0 Å². The smallest absolute Gasteiger partial charge is 0.259 e. The van der Waals surface area contributed by atoms with Crippen LogP contribution in [0, 0.1) is 0 Å². The average Bonchev–Trinajstić information content (AvgIpc) is 3.12. The van der Waals surface area contributed by atoms with Gasteiger partial charge in [0, 0.05) is 30.1 Å². The summed E-state index contributed by atoms with van der Waals surface area (Å²) >= 11 is 0. The Morgan fingerprint density at radius 3 is 2.82 bits per heavy atom. The number of pyridine rings is 1. The number of aromatic nitrogens is 5. The summed E-state index contributed by atoms with van der Waals surface area (Å²) in [7, 11) is 1.91. The van der Waals surface area contributed by atoms with Gasteiger partial charge in [-0.05, 0) is 33.9 Å². The van der Waals surface area contributed by atoms with Gasteiger partial charge in [-0.25, -0.2) is 9.67 Å². The molecule has 0 spiro atoms. The highest BCUT2D eigenvalue weighted by molar-refractivity contribution is 5.79. The first kappa shape index (κ1) is 14.6. The molecule has 3 heterocycles. The monoisotopic (exact) mass is 300 g/mol. The number of rotatable bonds is 5. The van der Waals surface area contributed by atoms with Crippen molar-refractivity contribution >= 4 is 11.0 Å². The Morgan fingerprint density at radius 1 is 1.27 bits per heavy atom. The Bertz CT molecular complexity index is 775. The van der Waals surface area contributed by atoms with Gasteiger partial charge in [-0.15, -0.1) is 0 Å². The summed E-state index contributed by atoms with van der Waals surface area (Å²) in [5, 5.41) is 12.5. The number of nitrogens with one attached hydrogen (secondary N) is 1. The van der Waals surface area contributed by atoms with Crippen LogP contribution in [-0.4, -0.2) is 38.0 Å². The molecule has 1 N–H and O–H groups in total. The van der Waals surface area contributed by atoms with Crippen LogP contribution >= 0.6 is 0 Å². The van der Waals surface area contributed by atoms with Crippen molar-refractivity contribution in [1.29, 1.82) is 0 Å². The minimum atomic E-state index is 0.272. The van der Waals surface area contributed by atoms with Crippen LogP contribution in [0.4, 0.5) is 0 Å². The minimum Gasteiger partial charge on any atom is -0.334 e. The largest absolute Gasteiger partial charge is 0.334 e. The molecule has 7 heteroatoms. The van der Waals surface area contributed by atoms with Gasteiger partial charge in [0.05, 0.1) is 11.8 Å². The lowest BCUT2D eigenvalue weighted by atomic mass is 10.2. The van der Waals surface area contributed by atoms with Crippen molar-refractivity contribution in [3.05, 3.63) is 24.3 Å². The number of nitrogens with zero attached hydrogens (tertiary/aromatic N) is 5. The molecule has 3 rings (SSSR count). The van der Waals surface area contributed by atoms with Crippen LogP contribution in [0.15, 0.2) is 23.0 Å². The van der Waals surface area contributed by atoms with Crippen LogP contribution in [0.3, 0.4) is 0 Å². The molecule has 0 fully saturated rings. The quantitative estimate of drug-likeness (QED) is 0.778. The van der Waals surface area contributed by atoms with E-state index in [0.29, 0.717) is 17.8 Å². The van der Waals surface area contributed by atoms with Gasteiger partial charge in [-0.1, -0.05) is 5.16 Å². The minimum absolute atomic E-state index is 0.272. The molecule has 22 heavy (non-hydrogen) atoms. The summed E-state index contributed by atoms with van der Waals surface area (Å²) in [6.07, 6.45) is 4.29. The molecule has 3 aromatic rings. The second kappa shape index (κ2) is 5.84. The summed E-state index contributed by atoms with van der Waals surface area (Å²) in [5.74, 6) is 1.18. The molecule has 0 bridgehead atoms. The Balaban J connectivity index is 1.90. The van der Waals surface area contributed by atoms with Gasteiger partial charge in [-0.3, -0.25) is 0 Å². The van der Waals surface area contributed by atoms with E-state index in [1.807, 2.05) is 24.0 Å². The first-order chi connectivity index (χ1) is 10.6. The highest BCUT2D eigenvalue weighted by atomic mass is 16.5. The zero-order chi connectivity index (χ0) is 15.7. The normalized spacial score (nSPS) is 13.1. The standard InChI is InChI=1S/C15H20N6O/c1-9(2)21-14-11(8-18-21)6-12(7-17-14)15-19-13(20-22-15)5-10(3)16-4/h6-10,16H,5H2,1-4H3. The molecule has 3 aromatic heterocycles. The highest BCUT2D eigenvalue weighted by Gasteiger charge is 2.14. The van der Waals surface area contributed by atoms with Gasteiger partial charge < -0.3 is 9.84 Å². The second-order valence-electron chi connectivity index (χ2n) is 5.73. The maximum atomic E-state index is 5.34. The molecule has 7 nitrogen and oxygen atoms in total. The van der Waals surface area contributed by atoms with Crippen LogP contribution in [-0.2, 0) is 6.42 Å². The van der Waals surface area contributed by atoms with Crippen molar-refractivity contribution in [3.63, 3.8) is 0 Å². The van der Waals surface area contributed by atoms with Gasteiger partial charge in [0.1, 0.15) is 0 Å². The molecule has 1 unspecified atom stereocenters. The molecule has 0 amide bonds. The van der Waals surface area contributed by atoms with Crippen molar-refractivity contribution in [2.45, 2.75) is 39.3 Å². The van der Waals surface area contributed by atoms with Gasteiger partial charge in [0.2, 0.25) is 0 Å². The lowest BCUT2D eigenvalue weighted by Crippen LogP contribution is -2.24. The molecule has 0 aliphatic carbocycles. The molecule has 116 valence electrons.